The smallest absolute Gasteiger partial charge is 0.264 e. The van der Waals surface area contributed by atoms with Gasteiger partial charge in [-0.3, -0.25) is 13.9 Å². The maximum Gasteiger partial charge on any atom is 0.264 e. The average molecular weight is 612 g/mol. The average Bonchev–Trinajstić information content (AvgIpc) is 3.03. The molecule has 0 saturated heterocycles. The number of aryl methyl sites for hydroxylation is 2. The highest BCUT2D eigenvalue weighted by molar-refractivity contribution is 7.92. The summed E-state index contributed by atoms with van der Waals surface area (Å²) in [6, 6.07) is 31.5. The van der Waals surface area contributed by atoms with E-state index in [0.29, 0.717) is 5.69 Å². The van der Waals surface area contributed by atoms with Crippen molar-refractivity contribution in [1.82, 2.24) is 10.2 Å². The van der Waals surface area contributed by atoms with Gasteiger partial charge in [0.1, 0.15) is 12.6 Å². The number of anilines is 1. The van der Waals surface area contributed by atoms with E-state index in [2.05, 4.69) is 5.32 Å². The fourth-order valence-corrected chi connectivity index (χ4v) is 6.28. The quantitative estimate of drug-likeness (QED) is 0.199. The highest BCUT2D eigenvalue weighted by Gasteiger charge is 2.34. The van der Waals surface area contributed by atoms with Crippen molar-refractivity contribution < 1.29 is 18.0 Å². The molecule has 0 bridgehead atoms. The van der Waals surface area contributed by atoms with E-state index in [4.69, 9.17) is 0 Å². The van der Waals surface area contributed by atoms with Crippen LogP contribution in [0, 0.1) is 13.8 Å². The highest BCUT2D eigenvalue weighted by atomic mass is 32.2. The first-order valence-electron chi connectivity index (χ1n) is 14.9. The van der Waals surface area contributed by atoms with Crippen LogP contribution in [0.1, 0.15) is 42.5 Å². The molecule has 4 rings (SSSR count). The molecule has 1 N–H and O–H groups in total. The van der Waals surface area contributed by atoms with Gasteiger partial charge in [-0.1, -0.05) is 103 Å². The number of amides is 2. The van der Waals surface area contributed by atoms with Gasteiger partial charge in [0.25, 0.3) is 10.0 Å². The summed E-state index contributed by atoms with van der Waals surface area (Å²) in [5, 5.41) is 3.06. The van der Waals surface area contributed by atoms with E-state index in [9.17, 15) is 18.0 Å². The molecule has 0 radical (unpaired) electrons. The van der Waals surface area contributed by atoms with Crippen molar-refractivity contribution in [1.29, 1.82) is 0 Å². The summed E-state index contributed by atoms with van der Waals surface area (Å²) in [6.07, 6.45) is 1.00. The van der Waals surface area contributed by atoms with Crippen molar-refractivity contribution >= 4 is 27.5 Å². The summed E-state index contributed by atoms with van der Waals surface area (Å²) in [4.78, 5) is 30.0. The Bertz CT molecular complexity index is 1620. The van der Waals surface area contributed by atoms with Crippen molar-refractivity contribution in [3.05, 3.63) is 131 Å². The summed E-state index contributed by atoms with van der Waals surface area (Å²) >= 11 is 0. The molecule has 0 heterocycles. The molecule has 0 aliphatic carbocycles. The monoisotopic (exact) mass is 611 g/mol. The number of hydrogen-bond donors (Lipinski definition) is 1. The Labute approximate surface area is 261 Å². The minimum absolute atomic E-state index is 0.0776. The number of carbonyl (C=O) groups excluding carboxylic acids is 2. The minimum Gasteiger partial charge on any atom is -0.352 e. The zero-order valence-corrected chi connectivity index (χ0v) is 26.6. The van der Waals surface area contributed by atoms with Gasteiger partial charge in [-0.15, -0.1) is 0 Å². The van der Waals surface area contributed by atoms with E-state index in [1.165, 1.54) is 17.0 Å². The van der Waals surface area contributed by atoms with E-state index in [1.54, 1.807) is 30.3 Å². The van der Waals surface area contributed by atoms with Crippen LogP contribution in [0.15, 0.2) is 114 Å². The molecule has 0 aliphatic rings. The summed E-state index contributed by atoms with van der Waals surface area (Å²) in [7, 11) is -4.12. The van der Waals surface area contributed by atoms with Gasteiger partial charge in [-0.05, 0) is 62.6 Å². The lowest BCUT2D eigenvalue weighted by Crippen LogP contribution is -2.54. The molecule has 8 heteroatoms. The second-order valence-corrected chi connectivity index (χ2v) is 13.1. The Morgan fingerprint density at radius 1 is 0.750 bits per heavy atom. The van der Waals surface area contributed by atoms with Crippen LogP contribution >= 0.6 is 0 Å². The first kappa shape index (κ1) is 32.5. The van der Waals surface area contributed by atoms with E-state index >= 15 is 0 Å². The predicted molar refractivity (Wildman–Crippen MR) is 176 cm³/mol. The Morgan fingerprint density at radius 2 is 1.30 bits per heavy atom. The SMILES string of the molecule is CC[C@@H](C)NC(=O)[C@H](Cc1ccccc1)N(Cc1ccc(C)cc1)C(=O)CN(c1ccc(C)cc1)S(=O)(=O)c1ccccc1. The van der Waals surface area contributed by atoms with Crippen LogP contribution in [0.5, 0.6) is 0 Å². The number of benzene rings is 4. The summed E-state index contributed by atoms with van der Waals surface area (Å²) in [5.74, 6) is -0.762. The molecule has 0 aliphatic heterocycles. The third kappa shape index (κ3) is 8.35. The number of carbonyl (C=O) groups is 2. The van der Waals surface area contributed by atoms with E-state index < -0.39 is 28.5 Å². The molecular weight excluding hydrogens is 570 g/mol. The number of sulfonamides is 1. The van der Waals surface area contributed by atoms with Crippen LogP contribution in [-0.2, 0) is 32.6 Å². The van der Waals surface area contributed by atoms with Gasteiger partial charge in [-0.2, -0.15) is 0 Å². The number of hydrogen-bond acceptors (Lipinski definition) is 4. The summed E-state index contributed by atoms with van der Waals surface area (Å²) < 4.78 is 29.2. The van der Waals surface area contributed by atoms with Gasteiger partial charge < -0.3 is 10.2 Å². The molecule has 0 aromatic heterocycles. The third-order valence-electron chi connectivity index (χ3n) is 7.68. The van der Waals surface area contributed by atoms with Gasteiger partial charge in [0.05, 0.1) is 10.6 Å². The second-order valence-electron chi connectivity index (χ2n) is 11.2. The molecule has 4 aromatic rings. The minimum atomic E-state index is -4.12. The van der Waals surface area contributed by atoms with Gasteiger partial charge in [0.2, 0.25) is 11.8 Å². The first-order valence-corrected chi connectivity index (χ1v) is 16.4. The maximum absolute atomic E-state index is 14.5. The van der Waals surface area contributed by atoms with Gasteiger partial charge in [-0.25, -0.2) is 8.42 Å². The van der Waals surface area contributed by atoms with Gasteiger partial charge >= 0.3 is 0 Å². The van der Waals surface area contributed by atoms with Crippen LogP contribution in [0.2, 0.25) is 0 Å². The molecule has 0 spiro atoms. The predicted octanol–water partition coefficient (Wildman–Crippen LogP) is 6.05. The van der Waals surface area contributed by atoms with Gasteiger partial charge in [0, 0.05) is 19.0 Å². The van der Waals surface area contributed by atoms with Crippen LogP contribution in [0.25, 0.3) is 0 Å². The Morgan fingerprint density at radius 3 is 1.86 bits per heavy atom. The molecule has 44 heavy (non-hydrogen) atoms. The van der Waals surface area contributed by atoms with Gasteiger partial charge in [0.15, 0.2) is 0 Å². The summed E-state index contributed by atoms with van der Waals surface area (Å²) in [6.45, 7) is 7.47. The molecule has 0 saturated carbocycles. The van der Waals surface area contributed by atoms with E-state index in [1.807, 2.05) is 94.4 Å². The third-order valence-corrected chi connectivity index (χ3v) is 9.47. The maximum atomic E-state index is 14.5. The van der Waals surface area contributed by atoms with Crippen molar-refractivity contribution in [2.75, 3.05) is 10.8 Å². The lowest BCUT2D eigenvalue weighted by atomic mass is 10.0. The van der Waals surface area contributed by atoms with Crippen LogP contribution in [0.4, 0.5) is 5.69 Å². The molecule has 230 valence electrons. The lowest BCUT2D eigenvalue weighted by molar-refractivity contribution is -0.140. The molecular formula is C36H41N3O4S. The van der Waals surface area contributed by atoms with E-state index in [0.717, 1.165) is 33.0 Å². The summed E-state index contributed by atoms with van der Waals surface area (Å²) in [5.41, 5.74) is 4.13. The zero-order chi connectivity index (χ0) is 31.7. The molecule has 0 unspecified atom stereocenters. The largest absolute Gasteiger partial charge is 0.352 e. The second kappa shape index (κ2) is 14.8. The first-order chi connectivity index (χ1) is 21.1. The highest BCUT2D eigenvalue weighted by Crippen LogP contribution is 2.25. The van der Waals surface area contributed by atoms with E-state index in [-0.39, 0.29) is 29.8 Å². The van der Waals surface area contributed by atoms with Crippen molar-refractivity contribution in [2.45, 2.75) is 64.1 Å². The molecule has 2 atom stereocenters. The number of nitrogens with zero attached hydrogens (tertiary/aromatic N) is 2. The fourth-order valence-electron chi connectivity index (χ4n) is 4.84. The Kier molecular flexibility index (Phi) is 11.0. The van der Waals surface area contributed by atoms with Crippen molar-refractivity contribution in [3.8, 4) is 0 Å². The number of nitrogens with one attached hydrogen (secondary N) is 1. The standard InChI is InChI=1S/C36H41N3O4S/c1-5-29(4)37-36(41)34(24-30-12-8-6-9-13-30)38(25-31-20-16-27(2)17-21-31)35(40)26-39(32-22-18-28(3)19-23-32)44(42,43)33-14-10-7-11-15-33/h6-23,29,34H,5,24-26H2,1-4H3,(H,37,41)/t29-,34+/m1/s1. The van der Waals surface area contributed by atoms with Crippen LogP contribution in [0.3, 0.4) is 0 Å². The van der Waals surface area contributed by atoms with Crippen LogP contribution in [-0.4, -0.2) is 43.8 Å². The molecule has 0 fully saturated rings. The molecule has 4 aromatic carbocycles. The molecule has 7 nitrogen and oxygen atoms in total. The van der Waals surface area contributed by atoms with Crippen LogP contribution < -0.4 is 9.62 Å². The topological polar surface area (TPSA) is 86.8 Å². The molecule has 2 amide bonds. The Balaban J connectivity index is 1.79. The van der Waals surface area contributed by atoms with Crippen molar-refractivity contribution in [3.63, 3.8) is 0 Å². The lowest BCUT2D eigenvalue weighted by Gasteiger charge is -2.34. The Hall–Kier alpha value is -4.43. The normalized spacial score (nSPS) is 12.6. The fraction of sp³-hybridized carbons (Fsp3) is 0.278. The number of rotatable bonds is 13. The zero-order valence-electron chi connectivity index (χ0n) is 25.8. The van der Waals surface area contributed by atoms with Crippen molar-refractivity contribution in [2.24, 2.45) is 0 Å².